The Kier molecular flexibility index (Phi) is 10.8. The van der Waals surface area contributed by atoms with Crippen molar-refractivity contribution in [1.82, 2.24) is 10.2 Å². The molecule has 2 amide bonds. The van der Waals surface area contributed by atoms with E-state index in [9.17, 15) is 24.9 Å². The molecule has 1 heterocycles. The smallest absolute Gasteiger partial charge is 0.247 e. The molecule has 9 nitrogen and oxygen atoms in total. The SMILES string of the molecule is CCCCCCN(C(=O)CCCC)C1C=C(C(=O)NCCO)C2c3cc(CO)cc(OC)c3OC2C1O. The molecule has 4 N–H and O–H groups in total. The lowest BCUT2D eigenvalue weighted by atomic mass is 9.77. The molecule has 9 heteroatoms. The summed E-state index contributed by atoms with van der Waals surface area (Å²) < 4.78 is 11.7. The molecule has 0 saturated heterocycles. The van der Waals surface area contributed by atoms with Crippen molar-refractivity contribution in [3.63, 3.8) is 0 Å². The average molecular weight is 519 g/mol. The van der Waals surface area contributed by atoms with Crippen LogP contribution >= 0.6 is 0 Å². The molecule has 4 atom stereocenters. The Bertz CT molecular complexity index is 964. The number of amides is 2. The van der Waals surface area contributed by atoms with E-state index in [1.165, 1.54) is 7.11 Å². The fourth-order valence-electron chi connectivity index (χ4n) is 5.24. The molecule has 4 unspecified atom stereocenters. The maximum atomic E-state index is 13.3. The zero-order valence-electron chi connectivity index (χ0n) is 22.2. The lowest BCUT2D eigenvalue weighted by Crippen LogP contribution is -2.56. The number of fused-ring (bicyclic) bond motifs is 3. The summed E-state index contributed by atoms with van der Waals surface area (Å²) in [5.74, 6) is -0.235. The molecule has 0 aromatic heterocycles. The first-order valence-corrected chi connectivity index (χ1v) is 13.5. The van der Waals surface area contributed by atoms with Gasteiger partial charge in [0.15, 0.2) is 11.5 Å². The zero-order valence-corrected chi connectivity index (χ0v) is 22.2. The maximum absolute atomic E-state index is 13.3. The van der Waals surface area contributed by atoms with Crippen molar-refractivity contribution < 1.29 is 34.4 Å². The number of nitrogens with zero attached hydrogens (tertiary/aromatic N) is 1. The second-order valence-corrected chi connectivity index (χ2v) is 9.77. The molecular formula is C28H42N2O7. The van der Waals surface area contributed by atoms with E-state index in [0.717, 1.165) is 38.5 Å². The monoisotopic (exact) mass is 518 g/mol. The third-order valence-electron chi connectivity index (χ3n) is 7.17. The van der Waals surface area contributed by atoms with Crippen molar-refractivity contribution in [2.75, 3.05) is 26.8 Å². The Balaban J connectivity index is 2.05. The first-order valence-electron chi connectivity index (χ1n) is 13.5. The molecule has 1 aromatic carbocycles. The molecule has 0 saturated carbocycles. The topological polar surface area (TPSA) is 129 Å². The summed E-state index contributed by atoms with van der Waals surface area (Å²) in [7, 11) is 1.50. The normalized spacial score (nSPS) is 21.9. The zero-order chi connectivity index (χ0) is 26.9. The van der Waals surface area contributed by atoms with Gasteiger partial charge in [-0.05, 0) is 36.6 Å². The van der Waals surface area contributed by atoms with Crippen LogP contribution in [0.15, 0.2) is 23.8 Å². The highest BCUT2D eigenvalue weighted by Crippen LogP contribution is 2.51. The number of ether oxygens (including phenoxy) is 2. The second-order valence-electron chi connectivity index (χ2n) is 9.77. The van der Waals surface area contributed by atoms with Crippen molar-refractivity contribution in [3.05, 3.63) is 34.9 Å². The summed E-state index contributed by atoms with van der Waals surface area (Å²) >= 11 is 0. The van der Waals surface area contributed by atoms with Crippen LogP contribution in [-0.4, -0.2) is 77.1 Å². The number of carbonyl (C=O) groups excluding carboxylic acids is 2. The van der Waals surface area contributed by atoms with Crippen molar-refractivity contribution in [1.29, 1.82) is 0 Å². The van der Waals surface area contributed by atoms with Crippen LogP contribution in [0.5, 0.6) is 11.5 Å². The number of nitrogens with one attached hydrogen (secondary N) is 1. The highest BCUT2D eigenvalue weighted by Gasteiger charge is 2.51. The Morgan fingerprint density at radius 2 is 1.86 bits per heavy atom. The lowest BCUT2D eigenvalue weighted by molar-refractivity contribution is -0.137. The number of methoxy groups -OCH3 is 1. The highest BCUT2D eigenvalue weighted by molar-refractivity contribution is 5.96. The average Bonchev–Trinajstić information content (AvgIpc) is 3.30. The molecule has 0 bridgehead atoms. The standard InChI is InChI=1S/C28H42N2O7/c1-4-6-8-9-12-30(23(33)10-7-5-2)21-16-20(28(35)29-11-13-31)24-19-14-18(17-32)15-22(36-3)26(19)37-27(24)25(21)34/h14-16,21,24-25,27,31-32,34H,4-13,17H2,1-3H3,(H,29,35). The minimum Gasteiger partial charge on any atom is -0.493 e. The van der Waals surface area contributed by atoms with Gasteiger partial charge in [-0.3, -0.25) is 9.59 Å². The molecule has 37 heavy (non-hydrogen) atoms. The Labute approximate surface area is 219 Å². The quantitative estimate of drug-likeness (QED) is 0.279. The summed E-state index contributed by atoms with van der Waals surface area (Å²) in [6, 6.07) is 2.70. The van der Waals surface area contributed by atoms with Crippen LogP contribution in [0.25, 0.3) is 0 Å². The molecule has 1 aliphatic heterocycles. The van der Waals surface area contributed by atoms with Gasteiger partial charge in [-0.2, -0.15) is 0 Å². The van der Waals surface area contributed by atoms with E-state index < -0.39 is 30.1 Å². The first kappa shape index (κ1) is 28.9. The van der Waals surface area contributed by atoms with Gasteiger partial charge in [0, 0.05) is 30.6 Å². The van der Waals surface area contributed by atoms with Gasteiger partial charge in [-0.1, -0.05) is 39.5 Å². The van der Waals surface area contributed by atoms with Gasteiger partial charge in [-0.25, -0.2) is 0 Å². The van der Waals surface area contributed by atoms with E-state index in [0.29, 0.717) is 41.2 Å². The van der Waals surface area contributed by atoms with Gasteiger partial charge in [-0.15, -0.1) is 0 Å². The Morgan fingerprint density at radius 1 is 1.11 bits per heavy atom. The lowest BCUT2D eigenvalue weighted by Gasteiger charge is -2.41. The fraction of sp³-hybridized carbons (Fsp3) is 0.643. The Hall–Kier alpha value is -2.62. The summed E-state index contributed by atoms with van der Waals surface area (Å²) in [6.45, 7) is 4.27. The number of hydrogen-bond donors (Lipinski definition) is 4. The number of aliphatic hydroxyl groups excluding tert-OH is 3. The number of unbranched alkanes of at least 4 members (excludes halogenated alkanes) is 4. The number of hydrogen-bond acceptors (Lipinski definition) is 7. The molecule has 0 radical (unpaired) electrons. The number of benzene rings is 1. The van der Waals surface area contributed by atoms with Gasteiger partial charge in [0.05, 0.1) is 32.3 Å². The van der Waals surface area contributed by atoms with Crippen LogP contribution in [0.4, 0.5) is 0 Å². The van der Waals surface area contributed by atoms with E-state index in [1.54, 1.807) is 23.1 Å². The van der Waals surface area contributed by atoms with Gasteiger partial charge in [0.25, 0.3) is 0 Å². The van der Waals surface area contributed by atoms with Crippen LogP contribution in [-0.2, 0) is 16.2 Å². The van der Waals surface area contributed by atoms with E-state index in [-0.39, 0.29) is 25.7 Å². The van der Waals surface area contributed by atoms with E-state index >= 15 is 0 Å². The predicted octanol–water partition coefficient (Wildman–Crippen LogP) is 2.41. The summed E-state index contributed by atoms with van der Waals surface area (Å²) in [5.41, 5.74) is 1.61. The van der Waals surface area contributed by atoms with E-state index in [2.05, 4.69) is 12.2 Å². The largest absolute Gasteiger partial charge is 0.493 e. The summed E-state index contributed by atoms with van der Waals surface area (Å²) in [4.78, 5) is 28.3. The molecule has 206 valence electrons. The fourth-order valence-corrected chi connectivity index (χ4v) is 5.24. The third-order valence-corrected chi connectivity index (χ3v) is 7.17. The summed E-state index contributed by atoms with van der Waals surface area (Å²) in [6.07, 6.45) is 5.69. The van der Waals surface area contributed by atoms with Gasteiger partial charge in [0.1, 0.15) is 12.2 Å². The molecule has 0 spiro atoms. The van der Waals surface area contributed by atoms with Crippen molar-refractivity contribution >= 4 is 11.8 Å². The minimum atomic E-state index is -1.08. The van der Waals surface area contributed by atoms with Crippen molar-refractivity contribution in [2.45, 2.75) is 89.6 Å². The van der Waals surface area contributed by atoms with Crippen LogP contribution in [0.1, 0.15) is 75.8 Å². The van der Waals surface area contributed by atoms with Gasteiger partial charge >= 0.3 is 0 Å². The van der Waals surface area contributed by atoms with Crippen LogP contribution < -0.4 is 14.8 Å². The molecule has 3 rings (SSSR count). The first-order chi connectivity index (χ1) is 17.9. The highest BCUT2D eigenvalue weighted by atomic mass is 16.5. The molecule has 0 fully saturated rings. The maximum Gasteiger partial charge on any atom is 0.247 e. The van der Waals surface area contributed by atoms with Crippen LogP contribution in [0.2, 0.25) is 0 Å². The predicted molar refractivity (Wildman–Crippen MR) is 139 cm³/mol. The number of rotatable bonds is 14. The third kappa shape index (κ3) is 6.45. The van der Waals surface area contributed by atoms with Crippen LogP contribution in [0.3, 0.4) is 0 Å². The van der Waals surface area contributed by atoms with Gasteiger partial charge in [0.2, 0.25) is 11.8 Å². The second kappa shape index (κ2) is 13.8. The minimum absolute atomic E-state index is 0.0529. The van der Waals surface area contributed by atoms with E-state index in [1.807, 2.05) is 6.92 Å². The van der Waals surface area contributed by atoms with Crippen molar-refractivity contribution in [3.8, 4) is 11.5 Å². The number of aliphatic hydroxyl groups is 3. The van der Waals surface area contributed by atoms with E-state index in [4.69, 9.17) is 9.47 Å². The Morgan fingerprint density at radius 3 is 2.51 bits per heavy atom. The molecule has 1 aliphatic carbocycles. The van der Waals surface area contributed by atoms with Gasteiger partial charge < -0.3 is 35.0 Å². The van der Waals surface area contributed by atoms with Crippen molar-refractivity contribution in [2.24, 2.45) is 0 Å². The molecule has 2 aliphatic rings. The number of carbonyl (C=O) groups is 2. The summed E-state index contributed by atoms with van der Waals surface area (Å²) in [5, 5.41) is 33.4. The van der Waals surface area contributed by atoms with Crippen LogP contribution in [0, 0.1) is 0 Å². The molecule has 1 aromatic rings. The molecular weight excluding hydrogens is 476 g/mol.